The summed E-state index contributed by atoms with van der Waals surface area (Å²) in [5.74, 6) is 1.52. The second-order valence-electron chi connectivity index (χ2n) is 5.01. The van der Waals surface area contributed by atoms with Crippen molar-refractivity contribution in [1.82, 2.24) is 9.55 Å². The third-order valence-electron chi connectivity index (χ3n) is 2.54. The Balaban J connectivity index is 3.06. The molecule has 0 aliphatic carbocycles. The first-order valence-electron chi connectivity index (χ1n) is 5.81. The highest BCUT2D eigenvalue weighted by atomic mass is 32.2. The van der Waals surface area contributed by atoms with Gasteiger partial charge in [0.25, 0.3) is 10.0 Å². The number of primary sulfonamides is 1. The Labute approximate surface area is 103 Å². The molecule has 0 aliphatic rings. The molecule has 98 valence electrons. The number of imidazole rings is 1. The minimum Gasteiger partial charge on any atom is -0.333 e. The van der Waals surface area contributed by atoms with Crippen LogP contribution in [-0.2, 0) is 16.6 Å². The summed E-state index contributed by atoms with van der Waals surface area (Å²) in [5, 5.41) is 5.05. The van der Waals surface area contributed by atoms with Gasteiger partial charge in [0.05, 0.1) is 0 Å². The molecule has 0 amide bonds. The summed E-state index contributed by atoms with van der Waals surface area (Å²) in [7, 11) is -3.71. The smallest absolute Gasteiger partial charge is 0.257 e. The van der Waals surface area contributed by atoms with E-state index in [1.165, 1.54) is 6.20 Å². The van der Waals surface area contributed by atoms with Crippen LogP contribution in [0.3, 0.4) is 0 Å². The normalized spacial score (nSPS) is 12.6. The van der Waals surface area contributed by atoms with Crippen molar-refractivity contribution in [2.24, 2.45) is 11.1 Å². The minimum atomic E-state index is -3.71. The number of hydrogen-bond acceptors (Lipinski definition) is 3. The standard InChI is InChI=1S/C11H21N3O2S/c1-8(2)5-6-14-7-10(17(12,15)16)13-11(14)9(3)4/h7-9H,5-6H2,1-4H3,(H2,12,15,16). The van der Waals surface area contributed by atoms with Crippen LogP contribution in [0, 0.1) is 5.92 Å². The monoisotopic (exact) mass is 259 g/mol. The second-order valence-corrected chi connectivity index (χ2v) is 6.52. The van der Waals surface area contributed by atoms with Gasteiger partial charge in [-0.05, 0) is 12.3 Å². The van der Waals surface area contributed by atoms with Gasteiger partial charge < -0.3 is 4.57 Å². The molecule has 0 atom stereocenters. The van der Waals surface area contributed by atoms with E-state index in [0.29, 0.717) is 5.92 Å². The summed E-state index contributed by atoms with van der Waals surface area (Å²) in [4.78, 5) is 4.11. The zero-order valence-electron chi connectivity index (χ0n) is 10.8. The molecule has 0 aromatic carbocycles. The molecule has 0 fully saturated rings. The lowest BCUT2D eigenvalue weighted by Gasteiger charge is -2.11. The Morgan fingerprint density at radius 2 is 1.94 bits per heavy atom. The summed E-state index contributed by atoms with van der Waals surface area (Å²) < 4.78 is 24.4. The first-order chi connectivity index (χ1) is 7.71. The minimum absolute atomic E-state index is 0.0371. The predicted molar refractivity (Wildman–Crippen MR) is 67.1 cm³/mol. The number of sulfonamides is 1. The fourth-order valence-electron chi connectivity index (χ4n) is 1.58. The summed E-state index contributed by atoms with van der Waals surface area (Å²) in [6.07, 6.45) is 2.52. The molecule has 2 N–H and O–H groups in total. The topological polar surface area (TPSA) is 78.0 Å². The van der Waals surface area contributed by atoms with Gasteiger partial charge in [-0.3, -0.25) is 0 Å². The number of nitrogens with zero attached hydrogens (tertiary/aromatic N) is 2. The van der Waals surface area contributed by atoms with Crippen LogP contribution in [0.25, 0.3) is 0 Å². The number of rotatable bonds is 5. The van der Waals surface area contributed by atoms with Gasteiger partial charge in [0.1, 0.15) is 5.82 Å². The number of hydrogen-bond donors (Lipinski definition) is 1. The summed E-state index contributed by atoms with van der Waals surface area (Å²) in [6, 6.07) is 0. The predicted octanol–water partition coefficient (Wildman–Crippen LogP) is 1.70. The van der Waals surface area contributed by atoms with Crippen molar-refractivity contribution in [3.8, 4) is 0 Å². The molecule has 1 rings (SSSR count). The lowest BCUT2D eigenvalue weighted by molar-refractivity contribution is 0.498. The highest BCUT2D eigenvalue weighted by molar-refractivity contribution is 7.89. The van der Waals surface area contributed by atoms with E-state index in [1.807, 2.05) is 18.4 Å². The number of aryl methyl sites for hydroxylation is 1. The zero-order chi connectivity index (χ0) is 13.2. The first kappa shape index (κ1) is 14.2. The number of aromatic nitrogens is 2. The van der Waals surface area contributed by atoms with Crippen molar-refractivity contribution in [3.05, 3.63) is 12.0 Å². The van der Waals surface area contributed by atoms with E-state index in [0.717, 1.165) is 18.8 Å². The van der Waals surface area contributed by atoms with E-state index in [9.17, 15) is 8.42 Å². The van der Waals surface area contributed by atoms with Crippen LogP contribution in [0.4, 0.5) is 0 Å². The van der Waals surface area contributed by atoms with Gasteiger partial charge >= 0.3 is 0 Å². The molecule has 1 heterocycles. The molecule has 1 aromatic heterocycles. The lowest BCUT2D eigenvalue weighted by Crippen LogP contribution is -2.12. The van der Waals surface area contributed by atoms with Crippen LogP contribution < -0.4 is 5.14 Å². The van der Waals surface area contributed by atoms with Gasteiger partial charge in [-0.15, -0.1) is 0 Å². The highest BCUT2D eigenvalue weighted by Crippen LogP contribution is 2.17. The van der Waals surface area contributed by atoms with E-state index >= 15 is 0 Å². The fourth-order valence-corrected chi connectivity index (χ4v) is 2.07. The highest BCUT2D eigenvalue weighted by Gasteiger charge is 2.18. The lowest BCUT2D eigenvalue weighted by atomic mass is 10.1. The molecule has 0 radical (unpaired) electrons. The van der Waals surface area contributed by atoms with E-state index in [-0.39, 0.29) is 10.9 Å². The molecule has 0 unspecified atom stereocenters. The third kappa shape index (κ3) is 3.81. The molecule has 0 saturated heterocycles. The Kier molecular flexibility index (Phi) is 4.32. The quantitative estimate of drug-likeness (QED) is 0.874. The Hall–Kier alpha value is -0.880. The van der Waals surface area contributed by atoms with E-state index in [4.69, 9.17) is 5.14 Å². The van der Waals surface area contributed by atoms with Crippen LogP contribution in [0.2, 0.25) is 0 Å². The average molecular weight is 259 g/mol. The molecule has 1 aromatic rings. The Bertz CT molecular complexity index is 475. The van der Waals surface area contributed by atoms with Crippen LogP contribution in [0.1, 0.15) is 45.9 Å². The van der Waals surface area contributed by atoms with Crippen molar-refractivity contribution in [2.75, 3.05) is 0 Å². The maximum absolute atomic E-state index is 11.3. The third-order valence-corrected chi connectivity index (χ3v) is 3.32. The summed E-state index contributed by atoms with van der Waals surface area (Å²) >= 11 is 0. The van der Waals surface area contributed by atoms with Crippen molar-refractivity contribution in [1.29, 1.82) is 0 Å². The molecule has 17 heavy (non-hydrogen) atoms. The largest absolute Gasteiger partial charge is 0.333 e. The van der Waals surface area contributed by atoms with E-state index in [1.54, 1.807) is 0 Å². The van der Waals surface area contributed by atoms with Crippen molar-refractivity contribution < 1.29 is 8.42 Å². The van der Waals surface area contributed by atoms with Crippen LogP contribution in [0.5, 0.6) is 0 Å². The molecular weight excluding hydrogens is 238 g/mol. The zero-order valence-corrected chi connectivity index (χ0v) is 11.7. The van der Waals surface area contributed by atoms with E-state index < -0.39 is 10.0 Å². The van der Waals surface area contributed by atoms with Crippen molar-refractivity contribution in [2.45, 2.75) is 51.6 Å². The van der Waals surface area contributed by atoms with Crippen LogP contribution in [-0.4, -0.2) is 18.0 Å². The molecular formula is C11H21N3O2S. The van der Waals surface area contributed by atoms with Crippen LogP contribution in [0.15, 0.2) is 11.2 Å². The molecule has 0 saturated carbocycles. The average Bonchev–Trinajstić information content (AvgIpc) is 2.57. The van der Waals surface area contributed by atoms with Crippen molar-refractivity contribution in [3.63, 3.8) is 0 Å². The second kappa shape index (κ2) is 5.18. The Morgan fingerprint density at radius 3 is 2.35 bits per heavy atom. The molecule has 5 nitrogen and oxygen atoms in total. The van der Waals surface area contributed by atoms with Gasteiger partial charge in [0.2, 0.25) is 0 Å². The van der Waals surface area contributed by atoms with Gasteiger partial charge in [-0.1, -0.05) is 27.7 Å². The SMILES string of the molecule is CC(C)CCn1cc(S(N)(=O)=O)nc1C(C)C. The summed E-state index contributed by atoms with van der Waals surface area (Å²) in [5.41, 5.74) is 0. The maximum atomic E-state index is 11.3. The van der Waals surface area contributed by atoms with E-state index in [2.05, 4.69) is 18.8 Å². The number of nitrogens with two attached hydrogens (primary N) is 1. The molecule has 0 bridgehead atoms. The first-order valence-corrected chi connectivity index (χ1v) is 7.36. The van der Waals surface area contributed by atoms with Crippen molar-refractivity contribution >= 4 is 10.0 Å². The Morgan fingerprint density at radius 1 is 1.35 bits per heavy atom. The van der Waals surface area contributed by atoms with Crippen LogP contribution >= 0.6 is 0 Å². The fraction of sp³-hybridized carbons (Fsp3) is 0.727. The van der Waals surface area contributed by atoms with Gasteiger partial charge in [0, 0.05) is 18.7 Å². The van der Waals surface area contributed by atoms with Gasteiger partial charge in [0.15, 0.2) is 5.03 Å². The summed E-state index contributed by atoms with van der Waals surface area (Å²) in [6.45, 7) is 9.01. The van der Waals surface area contributed by atoms with Gasteiger partial charge in [-0.2, -0.15) is 0 Å². The maximum Gasteiger partial charge on any atom is 0.257 e. The van der Waals surface area contributed by atoms with Gasteiger partial charge in [-0.25, -0.2) is 18.5 Å². The molecule has 6 heteroatoms. The molecule has 0 spiro atoms. The molecule has 0 aliphatic heterocycles.